The number of thiophene rings is 1. The first-order valence-electron chi connectivity index (χ1n) is 3.19. The lowest BCUT2D eigenvalue weighted by atomic mass is 10.3. The van der Waals surface area contributed by atoms with Crippen LogP contribution in [-0.4, -0.2) is 5.91 Å². The van der Waals surface area contributed by atoms with Gasteiger partial charge in [0.05, 0.1) is 5.69 Å². The second kappa shape index (κ2) is 2.21. The minimum absolute atomic E-state index is 0.0724. The lowest BCUT2D eigenvalue weighted by Crippen LogP contribution is -2.45. The molecule has 0 spiro atoms. The Morgan fingerprint density at radius 3 is 3.00 bits per heavy atom. The van der Waals surface area contributed by atoms with Gasteiger partial charge in [-0.1, -0.05) is 0 Å². The van der Waals surface area contributed by atoms with Crippen LogP contribution in [0.5, 0.6) is 0 Å². The molecule has 58 valence electrons. The second-order valence-electron chi connectivity index (χ2n) is 2.30. The number of aryl methyl sites for hydroxylation is 1. The van der Waals surface area contributed by atoms with Gasteiger partial charge in [-0.25, -0.2) is 0 Å². The van der Waals surface area contributed by atoms with E-state index in [9.17, 15) is 4.79 Å². The number of carbonyl (C=O) groups excluding carboxylic acids is 1. The van der Waals surface area contributed by atoms with Crippen molar-refractivity contribution in [3.63, 3.8) is 0 Å². The predicted molar refractivity (Wildman–Crippen MR) is 43.3 cm³/mol. The molecular formula is C6H7N3OS. The summed E-state index contributed by atoms with van der Waals surface area (Å²) in [6.45, 7) is 1.97. The standard InChI is InChI=1S/C6H7N3OS/c1-3-2-4-5(11-3)6(10)8-9-7-4/h2,7,9H,1H3,(H,8,10). The summed E-state index contributed by atoms with van der Waals surface area (Å²) in [7, 11) is 0. The van der Waals surface area contributed by atoms with Gasteiger partial charge >= 0.3 is 0 Å². The number of hydrogen-bond acceptors (Lipinski definition) is 4. The second-order valence-corrected chi connectivity index (χ2v) is 3.56. The van der Waals surface area contributed by atoms with Gasteiger partial charge in [0.25, 0.3) is 5.91 Å². The van der Waals surface area contributed by atoms with Gasteiger partial charge in [-0.2, -0.15) is 0 Å². The number of carbonyl (C=O) groups is 1. The van der Waals surface area contributed by atoms with E-state index in [1.54, 1.807) is 0 Å². The highest BCUT2D eigenvalue weighted by Gasteiger charge is 2.18. The highest BCUT2D eigenvalue weighted by Crippen LogP contribution is 2.26. The molecule has 1 aliphatic heterocycles. The summed E-state index contributed by atoms with van der Waals surface area (Å²) in [5.74, 6) is -0.0724. The number of amides is 1. The first-order chi connectivity index (χ1) is 5.27. The van der Waals surface area contributed by atoms with Crippen molar-refractivity contribution in [1.29, 1.82) is 0 Å². The van der Waals surface area contributed by atoms with Crippen LogP contribution in [0.3, 0.4) is 0 Å². The van der Waals surface area contributed by atoms with Crippen molar-refractivity contribution >= 4 is 22.9 Å². The molecule has 0 saturated heterocycles. The Morgan fingerprint density at radius 1 is 1.45 bits per heavy atom. The molecule has 1 aliphatic rings. The van der Waals surface area contributed by atoms with Crippen LogP contribution in [0, 0.1) is 6.92 Å². The Morgan fingerprint density at radius 2 is 2.27 bits per heavy atom. The molecule has 11 heavy (non-hydrogen) atoms. The molecule has 5 heteroatoms. The van der Waals surface area contributed by atoms with Crippen molar-refractivity contribution in [1.82, 2.24) is 11.0 Å². The van der Waals surface area contributed by atoms with Crippen molar-refractivity contribution < 1.29 is 4.79 Å². The Kier molecular flexibility index (Phi) is 1.33. The summed E-state index contributed by atoms with van der Waals surface area (Å²) < 4.78 is 0. The van der Waals surface area contributed by atoms with Crippen molar-refractivity contribution in [2.45, 2.75) is 6.92 Å². The van der Waals surface area contributed by atoms with Crippen LogP contribution >= 0.6 is 11.3 Å². The summed E-state index contributed by atoms with van der Waals surface area (Å²) in [5, 5.41) is 0. The summed E-state index contributed by atoms with van der Waals surface area (Å²) in [5.41, 5.74) is 8.72. The maximum absolute atomic E-state index is 11.1. The molecule has 2 rings (SSSR count). The maximum atomic E-state index is 11.1. The number of fused-ring (bicyclic) bond motifs is 1. The summed E-state index contributed by atoms with van der Waals surface area (Å²) in [4.78, 5) is 13.0. The van der Waals surface area contributed by atoms with E-state index < -0.39 is 0 Å². The average Bonchev–Trinajstić information content (AvgIpc) is 2.31. The first-order valence-corrected chi connectivity index (χ1v) is 4.01. The van der Waals surface area contributed by atoms with Crippen LogP contribution in [0.1, 0.15) is 14.5 Å². The fraction of sp³-hybridized carbons (Fsp3) is 0.167. The van der Waals surface area contributed by atoms with Gasteiger partial charge in [0.2, 0.25) is 0 Å². The van der Waals surface area contributed by atoms with E-state index in [2.05, 4.69) is 16.4 Å². The van der Waals surface area contributed by atoms with Crippen LogP contribution in [0.15, 0.2) is 6.07 Å². The maximum Gasteiger partial charge on any atom is 0.279 e. The topological polar surface area (TPSA) is 53.2 Å². The molecule has 4 nitrogen and oxygen atoms in total. The van der Waals surface area contributed by atoms with Gasteiger partial charge in [0, 0.05) is 4.88 Å². The van der Waals surface area contributed by atoms with Crippen molar-refractivity contribution in [3.05, 3.63) is 15.8 Å². The van der Waals surface area contributed by atoms with Gasteiger partial charge in [-0.15, -0.1) is 16.9 Å². The van der Waals surface area contributed by atoms with E-state index in [0.717, 1.165) is 15.4 Å². The molecular weight excluding hydrogens is 162 g/mol. The van der Waals surface area contributed by atoms with Gasteiger partial charge in [0.15, 0.2) is 0 Å². The Bertz CT molecular complexity index is 307. The number of nitrogens with one attached hydrogen (secondary N) is 3. The quantitative estimate of drug-likeness (QED) is 0.534. The molecule has 2 heterocycles. The van der Waals surface area contributed by atoms with E-state index >= 15 is 0 Å². The van der Waals surface area contributed by atoms with Gasteiger partial charge in [-0.05, 0) is 13.0 Å². The largest absolute Gasteiger partial charge is 0.302 e. The molecule has 1 aromatic heterocycles. The van der Waals surface area contributed by atoms with Crippen molar-refractivity contribution in [3.8, 4) is 0 Å². The molecule has 0 bridgehead atoms. The normalized spacial score (nSPS) is 15.2. The Labute approximate surface area is 67.5 Å². The third-order valence-electron chi connectivity index (χ3n) is 1.43. The number of anilines is 1. The lowest BCUT2D eigenvalue weighted by molar-refractivity contribution is 0.0936. The monoisotopic (exact) mass is 169 g/mol. The van der Waals surface area contributed by atoms with Crippen LogP contribution < -0.4 is 16.4 Å². The summed E-state index contributed by atoms with van der Waals surface area (Å²) in [6.07, 6.45) is 0. The van der Waals surface area contributed by atoms with E-state index in [1.807, 2.05) is 13.0 Å². The van der Waals surface area contributed by atoms with Crippen molar-refractivity contribution in [2.24, 2.45) is 0 Å². The van der Waals surface area contributed by atoms with Gasteiger partial charge in [0.1, 0.15) is 4.88 Å². The SMILES string of the molecule is Cc1cc2c(s1)C(=O)NNN2. The van der Waals surface area contributed by atoms with Crippen LogP contribution in [-0.2, 0) is 0 Å². The van der Waals surface area contributed by atoms with E-state index in [0.29, 0.717) is 0 Å². The summed E-state index contributed by atoms with van der Waals surface area (Å²) >= 11 is 1.48. The van der Waals surface area contributed by atoms with E-state index in [4.69, 9.17) is 0 Å². The molecule has 3 N–H and O–H groups in total. The number of rotatable bonds is 0. The van der Waals surface area contributed by atoms with Crippen LogP contribution in [0.2, 0.25) is 0 Å². The fourth-order valence-corrected chi connectivity index (χ4v) is 1.85. The lowest BCUT2D eigenvalue weighted by Gasteiger charge is -2.14. The molecule has 0 radical (unpaired) electrons. The molecule has 0 saturated carbocycles. The van der Waals surface area contributed by atoms with Gasteiger partial charge in [-0.3, -0.25) is 10.2 Å². The highest BCUT2D eigenvalue weighted by atomic mass is 32.1. The summed E-state index contributed by atoms with van der Waals surface area (Å²) in [6, 6.07) is 1.94. The molecule has 1 aromatic rings. The van der Waals surface area contributed by atoms with Gasteiger partial charge < -0.3 is 5.43 Å². The third-order valence-corrected chi connectivity index (χ3v) is 2.48. The smallest absolute Gasteiger partial charge is 0.279 e. The predicted octanol–water partition coefficient (Wildman–Crippen LogP) is 0.631. The minimum atomic E-state index is -0.0724. The molecule has 0 aromatic carbocycles. The molecule has 0 aliphatic carbocycles. The Balaban J connectivity index is 2.52. The third kappa shape index (κ3) is 0.979. The number of hydrogen-bond donors (Lipinski definition) is 3. The fourth-order valence-electron chi connectivity index (χ4n) is 0.988. The van der Waals surface area contributed by atoms with Crippen LogP contribution in [0.25, 0.3) is 0 Å². The zero-order valence-electron chi connectivity index (χ0n) is 5.89. The molecule has 0 unspecified atom stereocenters. The van der Waals surface area contributed by atoms with E-state index in [1.165, 1.54) is 11.3 Å². The highest BCUT2D eigenvalue weighted by molar-refractivity contribution is 7.14. The first kappa shape index (κ1) is 6.63. The Hall–Kier alpha value is -1.07. The number of hydrazine groups is 2. The van der Waals surface area contributed by atoms with Crippen molar-refractivity contribution in [2.75, 3.05) is 5.43 Å². The molecule has 0 atom stereocenters. The zero-order chi connectivity index (χ0) is 7.84. The van der Waals surface area contributed by atoms with Crippen LogP contribution in [0.4, 0.5) is 5.69 Å². The molecule has 0 fully saturated rings. The molecule has 1 amide bonds. The minimum Gasteiger partial charge on any atom is -0.302 e. The van der Waals surface area contributed by atoms with E-state index in [-0.39, 0.29) is 5.91 Å². The zero-order valence-corrected chi connectivity index (χ0v) is 6.71. The average molecular weight is 169 g/mol.